The molecule has 0 radical (unpaired) electrons. The minimum absolute atomic E-state index is 0.169. The number of hydrogen-bond donors (Lipinski definition) is 1. The van der Waals surface area contributed by atoms with Crippen molar-refractivity contribution >= 4 is 22.9 Å². The number of hydrogen-bond acceptors (Lipinski definition) is 4. The summed E-state index contributed by atoms with van der Waals surface area (Å²) in [7, 11) is 1.65. The van der Waals surface area contributed by atoms with Crippen molar-refractivity contribution in [1.29, 1.82) is 0 Å². The van der Waals surface area contributed by atoms with Crippen LogP contribution in [0.15, 0.2) is 41.8 Å². The highest BCUT2D eigenvalue weighted by Crippen LogP contribution is 2.24. The summed E-state index contributed by atoms with van der Waals surface area (Å²) in [6.07, 6.45) is 2.80. The van der Waals surface area contributed by atoms with Crippen molar-refractivity contribution in [3.05, 3.63) is 46.7 Å². The van der Waals surface area contributed by atoms with Crippen molar-refractivity contribution in [2.45, 2.75) is 31.8 Å². The molecule has 1 amide bonds. The first kappa shape index (κ1) is 16.0. The third-order valence-electron chi connectivity index (χ3n) is 4.16. The SMILES string of the molecule is COc1ccc(N(Cc2cccs2)C(=O)CC2CCCN2)cc1. The fourth-order valence-corrected chi connectivity index (χ4v) is 3.59. The second kappa shape index (κ2) is 7.62. The second-order valence-corrected chi connectivity index (χ2v) is 6.79. The number of carbonyl (C=O) groups is 1. The van der Waals surface area contributed by atoms with Crippen LogP contribution in [0.4, 0.5) is 5.69 Å². The Morgan fingerprint density at radius 1 is 1.35 bits per heavy atom. The Labute approximate surface area is 141 Å². The van der Waals surface area contributed by atoms with E-state index in [4.69, 9.17) is 4.74 Å². The van der Waals surface area contributed by atoms with Crippen LogP contribution in [0.25, 0.3) is 0 Å². The van der Waals surface area contributed by atoms with Gasteiger partial charge >= 0.3 is 0 Å². The molecule has 1 aromatic heterocycles. The van der Waals surface area contributed by atoms with E-state index < -0.39 is 0 Å². The topological polar surface area (TPSA) is 41.6 Å². The molecule has 1 fully saturated rings. The second-order valence-electron chi connectivity index (χ2n) is 5.75. The van der Waals surface area contributed by atoms with Crippen molar-refractivity contribution in [3.8, 4) is 5.75 Å². The van der Waals surface area contributed by atoms with Crippen LogP contribution in [-0.4, -0.2) is 25.6 Å². The molecular formula is C18H22N2O2S. The maximum Gasteiger partial charge on any atom is 0.228 e. The molecule has 5 heteroatoms. The van der Waals surface area contributed by atoms with Gasteiger partial charge in [-0.2, -0.15) is 0 Å². The number of nitrogens with one attached hydrogen (secondary N) is 1. The van der Waals surface area contributed by atoms with Gasteiger partial charge in [0, 0.05) is 23.0 Å². The van der Waals surface area contributed by atoms with Gasteiger partial charge in [-0.25, -0.2) is 0 Å². The van der Waals surface area contributed by atoms with Crippen LogP contribution in [0.1, 0.15) is 24.1 Å². The zero-order valence-electron chi connectivity index (χ0n) is 13.3. The Hall–Kier alpha value is -1.85. The minimum atomic E-state index is 0.169. The molecule has 3 rings (SSSR count). The third kappa shape index (κ3) is 4.12. The van der Waals surface area contributed by atoms with Gasteiger partial charge in [-0.15, -0.1) is 11.3 Å². The van der Waals surface area contributed by atoms with E-state index in [2.05, 4.69) is 11.4 Å². The Kier molecular flexibility index (Phi) is 5.31. The number of carbonyl (C=O) groups excluding carboxylic acids is 1. The number of amides is 1. The van der Waals surface area contributed by atoms with Crippen LogP contribution >= 0.6 is 11.3 Å². The third-order valence-corrected chi connectivity index (χ3v) is 5.02. The molecule has 4 nitrogen and oxygen atoms in total. The van der Waals surface area contributed by atoms with Crippen LogP contribution in [0, 0.1) is 0 Å². The molecule has 122 valence electrons. The molecule has 23 heavy (non-hydrogen) atoms. The number of anilines is 1. The monoisotopic (exact) mass is 330 g/mol. The molecular weight excluding hydrogens is 308 g/mol. The number of nitrogens with zero attached hydrogens (tertiary/aromatic N) is 1. The molecule has 1 unspecified atom stereocenters. The van der Waals surface area contributed by atoms with E-state index >= 15 is 0 Å². The van der Waals surface area contributed by atoms with E-state index in [1.807, 2.05) is 40.6 Å². The summed E-state index contributed by atoms with van der Waals surface area (Å²) in [4.78, 5) is 15.9. The summed E-state index contributed by atoms with van der Waals surface area (Å²) in [6, 6.07) is 12.1. The summed E-state index contributed by atoms with van der Waals surface area (Å²) in [5.74, 6) is 0.970. The standard InChI is InChI=1S/C18H22N2O2S/c1-22-16-8-6-15(7-9-16)20(13-17-5-3-11-23-17)18(21)12-14-4-2-10-19-14/h3,5-9,11,14,19H,2,4,10,12-13H2,1H3. The molecule has 1 N–H and O–H groups in total. The lowest BCUT2D eigenvalue weighted by Crippen LogP contribution is -2.35. The highest BCUT2D eigenvalue weighted by Gasteiger charge is 2.23. The lowest BCUT2D eigenvalue weighted by Gasteiger charge is -2.24. The maximum absolute atomic E-state index is 12.8. The number of methoxy groups -OCH3 is 1. The summed E-state index contributed by atoms with van der Waals surface area (Å²) in [5, 5.41) is 5.45. The lowest BCUT2D eigenvalue weighted by atomic mass is 10.1. The van der Waals surface area contributed by atoms with Crippen LogP contribution in [0.5, 0.6) is 5.75 Å². The van der Waals surface area contributed by atoms with Gasteiger partial charge in [0.15, 0.2) is 0 Å². The molecule has 0 saturated carbocycles. The molecule has 1 aliphatic heterocycles. The van der Waals surface area contributed by atoms with Crippen molar-refractivity contribution in [3.63, 3.8) is 0 Å². The Balaban J connectivity index is 1.78. The normalized spacial score (nSPS) is 17.2. The van der Waals surface area contributed by atoms with Gasteiger partial charge in [0.05, 0.1) is 13.7 Å². The van der Waals surface area contributed by atoms with Gasteiger partial charge in [0.2, 0.25) is 5.91 Å². The van der Waals surface area contributed by atoms with E-state index in [1.54, 1.807) is 18.4 Å². The quantitative estimate of drug-likeness (QED) is 0.882. The summed E-state index contributed by atoms with van der Waals surface area (Å²) >= 11 is 1.68. The van der Waals surface area contributed by atoms with Gasteiger partial charge in [0.25, 0.3) is 0 Å². The molecule has 2 aromatic rings. The largest absolute Gasteiger partial charge is 0.497 e. The van der Waals surface area contributed by atoms with E-state index in [1.165, 1.54) is 4.88 Å². The molecule has 1 atom stereocenters. The van der Waals surface area contributed by atoms with Crippen LogP contribution in [-0.2, 0) is 11.3 Å². The van der Waals surface area contributed by atoms with Crippen LogP contribution in [0.2, 0.25) is 0 Å². The molecule has 0 aliphatic carbocycles. The average Bonchev–Trinajstić information content (AvgIpc) is 3.26. The molecule has 2 heterocycles. The van der Waals surface area contributed by atoms with E-state index in [9.17, 15) is 4.79 Å². The van der Waals surface area contributed by atoms with Gasteiger partial charge in [-0.1, -0.05) is 6.07 Å². The van der Waals surface area contributed by atoms with Crippen LogP contribution < -0.4 is 15.0 Å². The Bertz CT molecular complexity index is 619. The molecule has 0 bridgehead atoms. The number of ether oxygens (including phenoxy) is 1. The first-order chi connectivity index (χ1) is 11.3. The maximum atomic E-state index is 12.8. The average molecular weight is 330 g/mol. The predicted molar refractivity (Wildman–Crippen MR) is 94.1 cm³/mol. The molecule has 1 aliphatic rings. The van der Waals surface area contributed by atoms with Gasteiger partial charge in [-0.3, -0.25) is 4.79 Å². The van der Waals surface area contributed by atoms with Crippen molar-refractivity contribution in [1.82, 2.24) is 5.32 Å². The van der Waals surface area contributed by atoms with Crippen molar-refractivity contribution < 1.29 is 9.53 Å². The Morgan fingerprint density at radius 3 is 2.78 bits per heavy atom. The smallest absolute Gasteiger partial charge is 0.228 e. The Morgan fingerprint density at radius 2 is 2.17 bits per heavy atom. The fourth-order valence-electron chi connectivity index (χ4n) is 2.90. The zero-order chi connectivity index (χ0) is 16.1. The number of rotatable bonds is 6. The predicted octanol–water partition coefficient (Wildman–Crippen LogP) is 3.43. The van der Waals surface area contributed by atoms with Gasteiger partial charge in [-0.05, 0) is 55.1 Å². The fraction of sp³-hybridized carbons (Fsp3) is 0.389. The van der Waals surface area contributed by atoms with Gasteiger partial charge in [0.1, 0.15) is 5.75 Å². The van der Waals surface area contributed by atoms with Crippen molar-refractivity contribution in [2.75, 3.05) is 18.6 Å². The summed E-state index contributed by atoms with van der Waals surface area (Å²) < 4.78 is 5.21. The molecule has 1 aromatic carbocycles. The first-order valence-electron chi connectivity index (χ1n) is 7.96. The number of benzene rings is 1. The summed E-state index contributed by atoms with van der Waals surface area (Å²) in [5.41, 5.74) is 0.919. The lowest BCUT2D eigenvalue weighted by molar-refractivity contribution is -0.119. The van der Waals surface area contributed by atoms with E-state index in [0.29, 0.717) is 19.0 Å². The molecule has 1 saturated heterocycles. The molecule has 0 spiro atoms. The van der Waals surface area contributed by atoms with E-state index in [-0.39, 0.29) is 5.91 Å². The highest BCUT2D eigenvalue weighted by atomic mass is 32.1. The first-order valence-corrected chi connectivity index (χ1v) is 8.84. The minimum Gasteiger partial charge on any atom is -0.497 e. The van der Waals surface area contributed by atoms with Gasteiger partial charge < -0.3 is 15.0 Å². The number of thiophene rings is 1. The zero-order valence-corrected chi connectivity index (χ0v) is 14.1. The summed E-state index contributed by atoms with van der Waals surface area (Å²) in [6.45, 7) is 1.64. The van der Waals surface area contributed by atoms with E-state index in [0.717, 1.165) is 30.8 Å². The van der Waals surface area contributed by atoms with Crippen molar-refractivity contribution in [2.24, 2.45) is 0 Å². The highest BCUT2D eigenvalue weighted by molar-refractivity contribution is 7.09. The van der Waals surface area contributed by atoms with Crippen LogP contribution in [0.3, 0.4) is 0 Å².